The van der Waals surface area contributed by atoms with Gasteiger partial charge in [-0.3, -0.25) is 4.90 Å². The predicted octanol–water partition coefficient (Wildman–Crippen LogP) is 2.56. The number of benzene rings is 1. The number of aliphatic hydroxyl groups is 1. The monoisotopic (exact) mass is 347 g/mol. The molecule has 1 fully saturated rings. The van der Waals surface area contributed by atoms with Crippen molar-refractivity contribution in [3.63, 3.8) is 0 Å². The van der Waals surface area contributed by atoms with Crippen LogP contribution in [0.15, 0.2) is 30.3 Å². The van der Waals surface area contributed by atoms with E-state index in [9.17, 15) is 9.90 Å². The van der Waals surface area contributed by atoms with E-state index in [0.717, 1.165) is 19.6 Å². The van der Waals surface area contributed by atoms with Gasteiger partial charge in [0.25, 0.3) is 0 Å². The van der Waals surface area contributed by atoms with Crippen LogP contribution in [0.2, 0.25) is 0 Å². The van der Waals surface area contributed by atoms with Gasteiger partial charge in [-0.2, -0.15) is 0 Å². The van der Waals surface area contributed by atoms with Crippen LogP contribution in [0.4, 0.5) is 4.79 Å². The number of nitrogens with one attached hydrogen (secondary N) is 1. The summed E-state index contributed by atoms with van der Waals surface area (Å²) in [7, 11) is 1.73. The van der Waals surface area contributed by atoms with Gasteiger partial charge >= 0.3 is 6.03 Å². The lowest BCUT2D eigenvalue weighted by molar-refractivity contribution is 0.0493. The smallest absolute Gasteiger partial charge is 0.317 e. The van der Waals surface area contributed by atoms with Crippen LogP contribution in [0.5, 0.6) is 0 Å². The van der Waals surface area contributed by atoms with E-state index in [1.807, 2.05) is 6.07 Å². The summed E-state index contributed by atoms with van der Waals surface area (Å²) in [5.41, 5.74) is 0.442. The third-order valence-electron chi connectivity index (χ3n) is 4.83. The van der Waals surface area contributed by atoms with Gasteiger partial charge in [0.05, 0.1) is 12.1 Å². The number of hydrogen-bond donors (Lipinski definition) is 2. The molecule has 25 heavy (non-hydrogen) atoms. The van der Waals surface area contributed by atoms with Gasteiger partial charge < -0.3 is 15.3 Å². The Balaban J connectivity index is 1.90. The molecule has 2 rings (SSSR count). The molecule has 5 nitrogen and oxygen atoms in total. The van der Waals surface area contributed by atoms with Crippen LogP contribution in [0, 0.1) is 11.8 Å². The lowest BCUT2D eigenvalue weighted by atomic mass is 9.85. The minimum Gasteiger partial charge on any atom is -0.389 e. The maximum absolute atomic E-state index is 12.4. The molecule has 2 unspecified atom stereocenters. The van der Waals surface area contributed by atoms with Crippen LogP contribution < -0.4 is 5.32 Å². The average molecular weight is 348 g/mol. The Bertz CT molecular complexity index is 544. The molecule has 140 valence electrons. The second kappa shape index (κ2) is 8.19. The van der Waals surface area contributed by atoms with Crippen molar-refractivity contribution in [3.8, 4) is 0 Å². The van der Waals surface area contributed by atoms with E-state index in [4.69, 9.17) is 0 Å². The summed E-state index contributed by atoms with van der Waals surface area (Å²) in [5, 5.41) is 13.1. The molecular formula is C20H33N3O2. The van der Waals surface area contributed by atoms with E-state index in [-0.39, 0.29) is 12.1 Å². The Morgan fingerprint density at radius 1 is 1.24 bits per heavy atom. The fourth-order valence-corrected chi connectivity index (χ4v) is 3.84. The van der Waals surface area contributed by atoms with Gasteiger partial charge in [-0.25, -0.2) is 4.79 Å². The number of amides is 2. The highest BCUT2D eigenvalue weighted by Gasteiger charge is 2.33. The molecule has 5 heteroatoms. The minimum absolute atomic E-state index is 0.109. The van der Waals surface area contributed by atoms with Crippen molar-refractivity contribution >= 4 is 6.03 Å². The molecule has 1 aromatic rings. The van der Waals surface area contributed by atoms with Crippen LogP contribution in [0.3, 0.4) is 0 Å². The van der Waals surface area contributed by atoms with E-state index in [0.29, 0.717) is 18.4 Å². The van der Waals surface area contributed by atoms with E-state index in [1.165, 1.54) is 5.56 Å². The molecule has 1 aromatic carbocycles. The molecule has 1 heterocycles. The van der Waals surface area contributed by atoms with Crippen molar-refractivity contribution in [2.75, 3.05) is 26.7 Å². The molecular weight excluding hydrogens is 314 g/mol. The summed E-state index contributed by atoms with van der Waals surface area (Å²) < 4.78 is 0. The first kappa shape index (κ1) is 19.7. The Labute approximate surface area is 152 Å². The number of hydrogen-bond acceptors (Lipinski definition) is 3. The summed E-state index contributed by atoms with van der Waals surface area (Å²) in [6.07, 6.45) is 0. The molecule has 2 N–H and O–H groups in total. The van der Waals surface area contributed by atoms with Gasteiger partial charge in [-0.1, -0.05) is 44.2 Å². The average Bonchev–Trinajstić information content (AvgIpc) is 2.50. The highest BCUT2D eigenvalue weighted by Crippen LogP contribution is 2.24. The summed E-state index contributed by atoms with van der Waals surface area (Å²) in [6.45, 7) is 11.0. The molecule has 0 bridgehead atoms. The first-order chi connectivity index (χ1) is 11.7. The van der Waals surface area contributed by atoms with Crippen molar-refractivity contribution in [3.05, 3.63) is 35.9 Å². The predicted molar refractivity (Wildman–Crippen MR) is 101 cm³/mol. The maximum Gasteiger partial charge on any atom is 0.317 e. The quantitative estimate of drug-likeness (QED) is 0.861. The van der Waals surface area contributed by atoms with Gasteiger partial charge in [0.15, 0.2) is 0 Å². The second-order valence-electron chi connectivity index (χ2n) is 8.28. The fourth-order valence-electron chi connectivity index (χ4n) is 3.84. The van der Waals surface area contributed by atoms with Crippen LogP contribution in [0.25, 0.3) is 0 Å². The minimum atomic E-state index is -0.887. The number of carbonyl (C=O) groups is 1. The van der Waals surface area contributed by atoms with E-state index in [1.54, 1.807) is 25.8 Å². The van der Waals surface area contributed by atoms with Crippen LogP contribution >= 0.6 is 0 Å². The molecule has 1 aliphatic rings. The van der Waals surface area contributed by atoms with Gasteiger partial charge in [0.1, 0.15) is 0 Å². The van der Waals surface area contributed by atoms with Gasteiger partial charge in [0, 0.05) is 32.7 Å². The zero-order valence-electron chi connectivity index (χ0n) is 16.2. The maximum atomic E-state index is 12.4. The first-order valence-electron chi connectivity index (χ1n) is 9.16. The Morgan fingerprint density at radius 2 is 1.80 bits per heavy atom. The number of rotatable bonds is 5. The number of likely N-dealkylation sites (N-methyl/N-ethyl adjacent to an activating group) is 1. The third kappa shape index (κ3) is 6.01. The Morgan fingerprint density at radius 3 is 2.32 bits per heavy atom. The molecule has 2 amide bonds. The van der Waals surface area contributed by atoms with Gasteiger partial charge in [0.2, 0.25) is 0 Å². The fraction of sp³-hybridized carbons (Fsp3) is 0.650. The van der Waals surface area contributed by atoms with Crippen molar-refractivity contribution < 1.29 is 9.90 Å². The standard InChI is InChI=1S/C20H33N3O2/c1-15-11-23(13-17-9-7-6-8-10-17)12-16(2)18(15)21-19(24)22(5)14-20(3,4)25/h6-10,15-16,18,25H,11-14H2,1-5H3,(H,21,24). The van der Waals surface area contributed by atoms with E-state index >= 15 is 0 Å². The van der Waals surface area contributed by atoms with Gasteiger partial charge in [-0.15, -0.1) is 0 Å². The number of urea groups is 1. The first-order valence-corrected chi connectivity index (χ1v) is 9.16. The van der Waals surface area contributed by atoms with Crippen molar-refractivity contribution in [1.29, 1.82) is 0 Å². The molecule has 1 aliphatic heterocycles. The van der Waals surface area contributed by atoms with Crippen LogP contribution in [-0.4, -0.2) is 59.3 Å². The van der Waals surface area contributed by atoms with Crippen molar-refractivity contribution in [1.82, 2.24) is 15.1 Å². The lowest BCUT2D eigenvalue weighted by Crippen LogP contribution is -2.57. The molecule has 1 saturated heterocycles. The normalized spacial score (nSPS) is 24.8. The SMILES string of the molecule is CC1CN(Cc2ccccc2)CC(C)C1NC(=O)N(C)CC(C)(C)O. The molecule has 0 saturated carbocycles. The molecule has 0 aliphatic carbocycles. The summed E-state index contributed by atoms with van der Waals surface area (Å²) in [6, 6.07) is 10.6. The molecule has 2 atom stereocenters. The largest absolute Gasteiger partial charge is 0.389 e. The Kier molecular flexibility index (Phi) is 6.47. The number of nitrogens with zero attached hydrogens (tertiary/aromatic N) is 2. The van der Waals surface area contributed by atoms with E-state index in [2.05, 4.69) is 48.3 Å². The van der Waals surface area contributed by atoms with Crippen molar-refractivity contribution in [2.24, 2.45) is 11.8 Å². The van der Waals surface area contributed by atoms with Crippen molar-refractivity contribution in [2.45, 2.75) is 45.9 Å². The lowest BCUT2D eigenvalue weighted by Gasteiger charge is -2.42. The third-order valence-corrected chi connectivity index (χ3v) is 4.83. The Hall–Kier alpha value is -1.59. The second-order valence-corrected chi connectivity index (χ2v) is 8.28. The number of piperidine rings is 1. The van der Waals surface area contributed by atoms with E-state index < -0.39 is 5.60 Å². The topological polar surface area (TPSA) is 55.8 Å². The molecule has 0 radical (unpaired) electrons. The zero-order chi connectivity index (χ0) is 18.6. The zero-order valence-corrected chi connectivity index (χ0v) is 16.2. The number of carbonyl (C=O) groups excluding carboxylic acids is 1. The molecule has 0 spiro atoms. The highest BCUT2D eigenvalue weighted by molar-refractivity contribution is 5.74. The molecule has 0 aromatic heterocycles. The highest BCUT2D eigenvalue weighted by atomic mass is 16.3. The van der Waals surface area contributed by atoms with Gasteiger partial charge in [-0.05, 0) is 31.2 Å². The van der Waals surface area contributed by atoms with Crippen LogP contribution in [-0.2, 0) is 6.54 Å². The summed E-state index contributed by atoms with van der Waals surface area (Å²) >= 11 is 0. The number of likely N-dealkylation sites (tertiary alicyclic amines) is 1. The summed E-state index contributed by atoms with van der Waals surface area (Å²) in [5.74, 6) is 0.763. The summed E-state index contributed by atoms with van der Waals surface area (Å²) in [4.78, 5) is 16.5. The van der Waals surface area contributed by atoms with Crippen LogP contribution in [0.1, 0.15) is 33.3 Å².